The van der Waals surface area contributed by atoms with Crippen molar-refractivity contribution >= 4 is 0 Å². The number of benzene rings is 1. The van der Waals surface area contributed by atoms with Crippen molar-refractivity contribution in [3.63, 3.8) is 0 Å². The molecule has 0 bridgehead atoms. The van der Waals surface area contributed by atoms with Crippen LogP contribution in [0.3, 0.4) is 0 Å². The zero-order valence-electron chi connectivity index (χ0n) is 10.5. The van der Waals surface area contributed by atoms with Crippen LogP contribution in [-0.4, -0.2) is 23.0 Å². The van der Waals surface area contributed by atoms with Crippen LogP contribution in [0.4, 0.5) is 0 Å². The third-order valence-electron chi connectivity index (χ3n) is 3.55. The molecule has 0 atom stereocenters. The summed E-state index contributed by atoms with van der Waals surface area (Å²) in [5, 5.41) is 0. The second-order valence-corrected chi connectivity index (χ2v) is 4.92. The Kier molecular flexibility index (Phi) is 3.37. The minimum absolute atomic E-state index is 1.08. The van der Waals surface area contributed by atoms with Gasteiger partial charge in [0.2, 0.25) is 0 Å². The molecule has 0 radical (unpaired) electrons. The van der Waals surface area contributed by atoms with Crippen molar-refractivity contribution in [2.75, 3.05) is 13.1 Å². The van der Waals surface area contributed by atoms with Crippen LogP contribution < -0.4 is 0 Å². The normalized spacial score (nSPS) is 16.0. The summed E-state index contributed by atoms with van der Waals surface area (Å²) in [4.78, 5) is 6.60. The van der Waals surface area contributed by atoms with Crippen LogP contribution in [0.25, 0.3) is 11.1 Å². The number of likely N-dealkylation sites (tertiary alicyclic amines) is 1. The minimum Gasteiger partial charge on any atom is -0.299 e. The van der Waals surface area contributed by atoms with E-state index in [0.717, 1.165) is 6.54 Å². The monoisotopic (exact) mass is 238 g/mol. The molecule has 92 valence electrons. The van der Waals surface area contributed by atoms with Crippen LogP contribution in [0, 0.1) is 0 Å². The van der Waals surface area contributed by atoms with Crippen LogP contribution >= 0.6 is 0 Å². The van der Waals surface area contributed by atoms with Gasteiger partial charge in [-0.2, -0.15) is 0 Å². The molecule has 1 aliphatic heterocycles. The average molecular weight is 238 g/mol. The fourth-order valence-corrected chi connectivity index (χ4v) is 2.59. The lowest BCUT2D eigenvalue weighted by molar-refractivity contribution is 0.331. The molecule has 3 rings (SSSR count). The Labute approximate surface area is 108 Å². The predicted octanol–water partition coefficient (Wildman–Crippen LogP) is 3.34. The lowest BCUT2D eigenvalue weighted by atomic mass is 10.0. The van der Waals surface area contributed by atoms with Gasteiger partial charge in [-0.25, -0.2) is 0 Å². The van der Waals surface area contributed by atoms with Gasteiger partial charge >= 0.3 is 0 Å². The van der Waals surface area contributed by atoms with E-state index in [0.29, 0.717) is 0 Å². The first-order valence-electron chi connectivity index (χ1n) is 6.63. The Morgan fingerprint density at radius 2 is 1.72 bits per heavy atom. The van der Waals surface area contributed by atoms with Crippen molar-refractivity contribution in [1.29, 1.82) is 0 Å². The summed E-state index contributed by atoms with van der Waals surface area (Å²) < 4.78 is 0. The molecule has 1 aliphatic rings. The molecule has 0 amide bonds. The maximum atomic E-state index is 4.07. The summed E-state index contributed by atoms with van der Waals surface area (Å²) in [6.07, 6.45) is 6.40. The highest BCUT2D eigenvalue weighted by molar-refractivity contribution is 5.63. The lowest BCUT2D eigenvalue weighted by Gasteiger charge is -2.15. The summed E-state index contributed by atoms with van der Waals surface area (Å²) in [5.74, 6) is 0. The van der Waals surface area contributed by atoms with Gasteiger partial charge in [0.05, 0.1) is 0 Å². The standard InChI is InChI=1S/C16H18N2/c1-2-11-18(10-1)13-14-4-3-5-16(12-14)15-6-8-17-9-7-15/h3-9,12H,1-2,10-11,13H2. The number of hydrogen-bond acceptors (Lipinski definition) is 2. The second kappa shape index (κ2) is 5.32. The third kappa shape index (κ3) is 2.59. The van der Waals surface area contributed by atoms with Crippen molar-refractivity contribution in [2.45, 2.75) is 19.4 Å². The van der Waals surface area contributed by atoms with Gasteiger partial charge in [-0.05, 0) is 60.8 Å². The zero-order chi connectivity index (χ0) is 12.2. The Hall–Kier alpha value is -1.67. The lowest BCUT2D eigenvalue weighted by Crippen LogP contribution is -2.18. The van der Waals surface area contributed by atoms with Crippen molar-refractivity contribution in [1.82, 2.24) is 9.88 Å². The minimum atomic E-state index is 1.08. The predicted molar refractivity (Wildman–Crippen MR) is 74.2 cm³/mol. The van der Waals surface area contributed by atoms with Gasteiger partial charge in [-0.15, -0.1) is 0 Å². The zero-order valence-corrected chi connectivity index (χ0v) is 10.5. The van der Waals surface area contributed by atoms with Crippen LogP contribution in [0.1, 0.15) is 18.4 Å². The van der Waals surface area contributed by atoms with Crippen LogP contribution in [0.5, 0.6) is 0 Å². The highest BCUT2D eigenvalue weighted by Crippen LogP contribution is 2.21. The highest BCUT2D eigenvalue weighted by atomic mass is 15.1. The number of pyridine rings is 1. The molecule has 1 aromatic carbocycles. The largest absolute Gasteiger partial charge is 0.299 e. The van der Waals surface area contributed by atoms with Crippen LogP contribution in [0.15, 0.2) is 48.8 Å². The van der Waals surface area contributed by atoms with E-state index in [2.05, 4.69) is 46.3 Å². The Morgan fingerprint density at radius 1 is 0.944 bits per heavy atom. The number of aromatic nitrogens is 1. The molecule has 0 aliphatic carbocycles. The van der Waals surface area contributed by atoms with Gasteiger partial charge in [-0.1, -0.05) is 18.2 Å². The number of rotatable bonds is 3. The van der Waals surface area contributed by atoms with Crippen molar-refractivity contribution in [3.05, 3.63) is 54.4 Å². The molecular weight excluding hydrogens is 220 g/mol. The summed E-state index contributed by atoms with van der Waals surface area (Å²) in [7, 11) is 0. The second-order valence-electron chi connectivity index (χ2n) is 4.92. The average Bonchev–Trinajstić information content (AvgIpc) is 2.93. The van der Waals surface area contributed by atoms with E-state index in [4.69, 9.17) is 0 Å². The number of nitrogens with zero attached hydrogens (tertiary/aromatic N) is 2. The third-order valence-corrected chi connectivity index (χ3v) is 3.55. The summed E-state index contributed by atoms with van der Waals surface area (Å²) in [5.41, 5.74) is 3.94. The van der Waals surface area contributed by atoms with Crippen LogP contribution in [-0.2, 0) is 6.54 Å². The summed E-state index contributed by atoms with van der Waals surface area (Å²) in [6.45, 7) is 3.58. The molecule has 2 nitrogen and oxygen atoms in total. The van der Waals surface area contributed by atoms with Crippen molar-refractivity contribution in [3.8, 4) is 11.1 Å². The first-order chi connectivity index (χ1) is 8.92. The molecule has 0 unspecified atom stereocenters. The van der Waals surface area contributed by atoms with Crippen molar-refractivity contribution in [2.24, 2.45) is 0 Å². The van der Waals surface area contributed by atoms with Crippen LogP contribution in [0.2, 0.25) is 0 Å². The van der Waals surface area contributed by atoms with Gasteiger partial charge in [0.15, 0.2) is 0 Å². The summed E-state index contributed by atoms with van der Waals surface area (Å²) in [6, 6.07) is 13.0. The molecule has 2 heterocycles. The molecule has 0 N–H and O–H groups in total. The summed E-state index contributed by atoms with van der Waals surface area (Å²) >= 11 is 0. The van der Waals surface area contributed by atoms with Gasteiger partial charge < -0.3 is 0 Å². The van der Waals surface area contributed by atoms with Crippen molar-refractivity contribution < 1.29 is 0 Å². The molecule has 1 saturated heterocycles. The molecule has 0 saturated carbocycles. The van der Waals surface area contributed by atoms with E-state index < -0.39 is 0 Å². The van der Waals surface area contributed by atoms with E-state index in [1.807, 2.05) is 12.4 Å². The van der Waals surface area contributed by atoms with E-state index >= 15 is 0 Å². The Balaban J connectivity index is 1.80. The molecule has 2 aromatic rings. The molecule has 2 heteroatoms. The van der Waals surface area contributed by atoms with E-state index in [1.165, 1.54) is 42.6 Å². The van der Waals surface area contributed by atoms with E-state index in [1.54, 1.807) is 0 Å². The maximum Gasteiger partial charge on any atom is 0.0273 e. The first kappa shape index (κ1) is 11.4. The molecule has 1 aromatic heterocycles. The van der Waals surface area contributed by atoms with Gasteiger partial charge in [-0.3, -0.25) is 9.88 Å². The van der Waals surface area contributed by atoms with Gasteiger partial charge in [0.1, 0.15) is 0 Å². The Morgan fingerprint density at radius 3 is 2.50 bits per heavy atom. The maximum absolute atomic E-state index is 4.07. The smallest absolute Gasteiger partial charge is 0.0273 e. The van der Waals surface area contributed by atoms with E-state index in [9.17, 15) is 0 Å². The SMILES string of the molecule is c1cc(CN2CCCC2)cc(-c2ccncc2)c1. The fraction of sp³-hybridized carbons (Fsp3) is 0.312. The Bertz CT molecular complexity index is 502. The van der Waals surface area contributed by atoms with Gasteiger partial charge in [0.25, 0.3) is 0 Å². The fourth-order valence-electron chi connectivity index (χ4n) is 2.59. The molecule has 18 heavy (non-hydrogen) atoms. The van der Waals surface area contributed by atoms with Gasteiger partial charge in [0, 0.05) is 18.9 Å². The van der Waals surface area contributed by atoms with E-state index in [-0.39, 0.29) is 0 Å². The number of hydrogen-bond donors (Lipinski definition) is 0. The molecular formula is C16H18N2. The molecule has 0 spiro atoms. The highest BCUT2D eigenvalue weighted by Gasteiger charge is 2.11. The molecule has 1 fully saturated rings. The quantitative estimate of drug-likeness (QED) is 0.815. The topological polar surface area (TPSA) is 16.1 Å². The first-order valence-corrected chi connectivity index (χ1v) is 6.63.